The van der Waals surface area contributed by atoms with Crippen molar-refractivity contribution >= 4 is 0 Å². The number of hydrogen-bond acceptors (Lipinski definition) is 4. The minimum absolute atomic E-state index is 0.497. The summed E-state index contributed by atoms with van der Waals surface area (Å²) in [4.78, 5) is 7.38. The predicted molar refractivity (Wildman–Crippen MR) is 64.6 cm³/mol. The van der Waals surface area contributed by atoms with Crippen LogP contribution >= 0.6 is 0 Å². The first-order valence-electron chi connectivity index (χ1n) is 6.07. The quantitative estimate of drug-likeness (QED) is 0.674. The Morgan fingerprint density at radius 2 is 2.20 bits per heavy atom. The van der Waals surface area contributed by atoms with Crippen LogP contribution in [0.3, 0.4) is 0 Å². The van der Waals surface area contributed by atoms with E-state index in [4.69, 9.17) is 10.6 Å². The standard InChI is InChI=1S/C9H21N3O.C2H6/c1-13-11-9-4-2-6-12(8-9)7-3-5-10;1-2/h9,11H,2-8,10H2,1H3;1-2H3. The van der Waals surface area contributed by atoms with Gasteiger partial charge in [-0.05, 0) is 38.9 Å². The first-order valence-corrected chi connectivity index (χ1v) is 6.07. The molecule has 1 fully saturated rings. The molecule has 1 unspecified atom stereocenters. The summed E-state index contributed by atoms with van der Waals surface area (Å²) < 4.78 is 0. The second-order valence-corrected chi connectivity index (χ2v) is 3.60. The highest BCUT2D eigenvalue weighted by Crippen LogP contribution is 2.09. The van der Waals surface area contributed by atoms with Crippen molar-refractivity contribution in [3.05, 3.63) is 0 Å². The molecule has 15 heavy (non-hydrogen) atoms. The van der Waals surface area contributed by atoms with Crippen LogP contribution in [-0.4, -0.2) is 44.2 Å². The van der Waals surface area contributed by atoms with Crippen molar-refractivity contribution < 1.29 is 4.84 Å². The van der Waals surface area contributed by atoms with E-state index in [1.54, 1.807) is 7.11 Å². The van der Waals surface area contributed by atoms with Gasteiger partial charge in [0.2, 0.25) is 0 Å². The molecule has 0 aromatic rings. The molecule has 0 aromatic heterocycles. The number of nitrogens with zero attached hydrogens (tertiary/aromatic N) is 1. The molecule has 92 valence electrons. The van der Waals surface area contributed by atoms with Gasteiger partial charge in [-0.25, -0.2) is 0 Å². The molecule has 0 amide bonds. The van der Waals surface area contributed by atoms with Gasteiger partial charge in [0.1, 0.15) is 0 Å². The zero-order valence-corrected chi connectivity index (χ0v) is 10.5. The third kappa shape index (κ3) is 6.84. The van der Waals surface area contributed by atoms with Gasteiger partial charge in [0.15, 0.2) is 0 Å². The minimum Gasteiger partial charge on any atom is -0.330 e. The number of piperidine rings is 1. The lowest BCUT2D eigenvalue weighted by atomic mass is 10.1. The second kappa shape index (κ2) is 10.4. The van der Waals surface area contributed by atoms with Crippen molar-refractivity contribution in [1.29, 1.82) is 0 Å². The number of nitrogens with two attached hydrogens (primary N) is 1. The smallest absolute Gasteiger partial charge is 0.0572 e. The largest absolute Gasteiger partial charge is 0.330 e. The molecule has 0 spiro atoms. The fourth-order valence-corrected chi connectivity index (χ4v) is 1.84. The second-order valence-electron chi connectivity index (χ2n) is 3.60. The summed E-state index contributed by atoms with van der Waals surface area (Å²) in [6.07, 6.45) is 3.57. The van der Waals surface area contributed by atoms with Crippen molar-refractivity contribution in [1.82, 2.24) is 10.4 Å². The molecule has 0 saturated carbocycles. The number of nitrogens with one attached hydrogen (secondary N) is 1. The summed E-state index contributed by atoms with van der Waals surface area (Å²) in [5.74, 6) is 0. The van der Waals surface area contributed by atoms with Gasteiger partial charge in [-0.2, -0.15) is 5.48 Å². The highest BCUT2D eigenvalue weighted by atomic mass is 16.6. The molecule has 1 aliphatic rings. The maximum atomic E-state index is 5.47. The van der Waals surface area contributed by atoms with Crippen LogP contribution in [-0.2, 0) is 4.84 Å². The van der Waals surface area contributed by atoms with E-state index in [0.717, 1.165) is 26.1 Å². The molecule has 0 aromatic carbocycles. The van der Waals surface area contributed by atoms with E-state index >= 15 is 0 Å². The predicted octanol–water partition coefficient (Wildman–Crippen LogP) is 0.977. The Labute approximate surface area is 94.1 Å². The van der Waals surface area contributed by atoms with Crippen LogP contribution in [0.25, 0.3) is 0 Å². The zero-order chi connectivity index (χ0) is 11.5. The maximum absolute atomic E-state index is 5.47. The van der Waals surface area contributed by atoms with Gasteiger partial charge in [-0.1, -0.05) is 13.8 Å². The van der Waals surface area contributed by atoms with Crippen molar-refractivity contribution in [3.8, 4) is 0 Å². The molecule has 3 N–H and O–H groups in total. The Kier molecular flexibility index (Phi) is 10.3. The monoisotopic (exact) mass is 217 g/mol. The molecule has 0 radical (unpaired) electrons. The number of hydroxylamine groups is 1. The normalized spacial score (nSPS) is 22.0. The van der Waals surface area contributed by atoms with Crippen molar-refractivity contribution in [2.24, 2.45) is 5.73 Å². The first kappa shape index (κ1) is 14.8. The minimum atomic E-state index is 0.497. The van der Waals surface area contributed by atoms with Crippen molar-refractivity contribution in [2.45, 2.75) is 39.2 Å². The number of hydrogen-bond donors (Lipinski definition) is 2. The Balaban J connectivity index is 0.000000921. The summed E-state index contributed by atoms with van der Waals surface area (Å²) in [6, 6.07) is 0.497. The third-order valence-corrected chi connectivity index (χ3v) is 2.47. The van der Waals surface area contributed by atoms with Gasteiger partial charge in [-0.3, -0.25) is 0 Å². The summed E-state index contributed by atoms with van der Waals surface area (Å²) in [7, 11) is 1.68. The van der Waals surface area contributed by atoms with Gasteiger partial charge in [0.05, 0.1) is 7.11 Å². The van der Waals surface area contributed by atoms with E-state index in [-0.39, 0.29) is 0 Å². The van der Waals surface area contributed by atoms with Crippen LogP contribution in [0.15, 0.2) is 0 Å². The highest BCUT2D eigenvalue weighted by molar-refractivity contribution is 4.75. The lowest BCUT2D eigenvalue weighted by Gasteiger charge is -2.32. The fourth-order valence-electron chi connectivity index (χ4n) is 1.84. The number of rotatable bonds is 5. The van der Waals surface area contributed by atoms with E-state index in [1.807, 2.05) is 13.8 Å². The van der Waals surface area contributed by atoms with Crippen molar-refractivity contribution in [3.63, 3.8) is 0 Å². The Morgan fingerprint density at radius 3 is 2.80 bits per heavy atom. The average Bonchev–Trinajstić information content (AvgIpc) is 2.30. The van der Waals surface area contributed by atoms with E-state index in [0.29, 0.717) is 6.04 Å². The molecule has 4 nitrogen and oxygen atoms in total. The summed E-state index contributed by atoms with van der Waals surface area (Å²) in [5, 5.41) is 0. The van der Waals surface area contributed by atoms with Gasteiger partial charge in [-0.15, -0.1) is 0 Å². The third-order valence-electron chi connectivity index (χ3n) is 2.47. The molecule has 1 rings (SSSR count). The lowest BCUT2D eigenvalue weighted by Crippen LogP contribution is -2.45. The topological polar surface area (TPSA) is 50.5 Å². The summed E-state index contributed by atoms with van der Waals surface area (Å²) in [6.45, 7) is 8.22. The van der Waals surface area contributed by atoms with E-state index in [9.17, 15) is 0 Å². The average molecular weight is 217 g/mol. The van der Waals surface area contributed by atoms with E-state index in [1.165, 1.54) is 19.4 Å². The van der Waals surface area contributed by atoms with Gasteiger partial charge in [0, 0.05) is 12.6 Å². The molecule has 1 aliphatic heterocycles. The van der Waals surface area contributed by atoms with Crippen LogP contribution < -0.4 is 11.2 Å². The molecule has 0 aliphatic carbocycles. The Hall–Kier alpha value is -0.160. The molecule has 4 heteroatoms. The van der Waals surface area contributed by atoms with Crippen LogP contribution in [0.5, 0.6) is 0 Å². The molecule has 1 atom stereocenters. The van der Waals surface area contributed by atoms with Crippen molar-refractivity contribution in [2.75, 3.05) is 33.3 Å². The summed E-state index contributed by atoms with van der Waals surface area (Å²) >= 11 is 0. The zero-order valence-electron chi connectivity index (χ0n) is 10.5. The fraction of sp³-hybridized carbons (Fsp3) is 1.00. The molecule has 1 saturated heterocycles. The molecular weight excluding hydrogens is 190 g/mol. The SMILES string of the molecule is CC.CONC1CCCN(CCCN)C1. The Morgan fingerprint density at radius 1 is 1.47 bits per heavy atom. The van der Waals surface area contributed by atoms with Gasteiger partial charge in [0.25, 0.3) is 0 Å². The maximum Gasteiger partial charge on any atom is 0.0572 e. The highest BCUT2D eigenvalue weighted by Gasteiger charge is 2.18. The van der Waals surface area contributed by atoms with Gasteiger partial charge < -0.3 is 15.5 Å². The molecular formula is C11H27N3O. The van der Waals surface area contributed by atoms with Gasteiger partial charge >= 0.3 is 0 Å². The van der Waals surface area contributed by atoms with E-state index < -0.39 is 0 Å². The molecule has 0 bridgehead atoms. The Bertz CT molecular complexity index is 131. The van der Waals surface area contributed by atoms with Crippen LogP contribution in [0.4, 0.5) is 0 Å². The molecule has 1 heterocycles. The summed E-state index contributed by atoms with van der Waals surface area (Å²) in [5.41, 5.74) is 8.49. The van der Waals surface area contributed by atoms with Crippen LogP contribution in [0, 0.1) is 0 Å². The lowest BCUT2D eigenvalue weighted by molar-refractivity contribution is 0.0312. The van der Waals surface area contributed by atoms with E-state index in [2.05, 4.69) is 10.4 Å². The van der Waals surface area contributed by atoms with Crippen LogP contribution in [0.2, 0.25) is 0 Å². The first-order chi connectivity index (χ1) is 7.36. The number of likely N-dealkylation sites (tertiary alicyclic amines) is 1. The van der Waals surface area contributed by atoms with Crippen LogP contribution in [0.1, 0.15) is 33.1 Å².